The smallest absolute Gasteiger partial charge is 0.278 e. The molecule has 2 heterocycles. The van der Waals surface area contributed by atoms with Crippen molar-refractivity contribution in [3.8, 4) is 0 Å². The first kappa shape index (κ1) is 20.7. The molecule has 1 fully saturated rings. The summed E-state index contributed by atoms with van der Waals surface area (Å²) in [5, 5.41) is 12.7. The average molecular weight is 419 g/mol. The van der Waals surface area contributed by atoms with E-state index in [1.165, 1.54) is 0 Å². The number of anilines is 2. The Bertz CT molecular complexity index is 1100. The van der Waals surface area contributed by atoms with E-state index in [0.717, 1.165) is 42.9 Å². The zero-order valence-corrected chi connectivity index (χ0v) is 17.6. The van der Waals surface area contributed by atoms with Gasteiger partial charge in [0.25, 0.3) is 5.69 Å². The number of likely N-dealkylation sites (N-methyl/N-ethyl adjacent to an activating group) is 1. The number of benzene rings is 2. The lowest BCUT2D eigenvalue weighted by Crippen LogP contribution is -2.54. The molecule has 0 N–H and O–H groups in total. The lowest BCUT2D eigenvalue weighted by atomic mass is 10.1. The highest BCUT2D eigenvalue weighted by molar-refractivity contribution is 5.99. The number of hydrogen-bond acceptors (Lipinski definition) is 6. The number of carbonyl (C=O) groups excluding carboxylic acids is 1. The van der Waals surface area contributed by atoms with Crippen LogP contribution in [0.5, 0.6) is 0 Å². The fourth-order valence-corrected chi connectivity index (χ4v) is 4.16. The van der Waals surface area contributed by atoms with E-state index < -0.39 is 0 Å². The van der Waals surface area contributed by atoms with Crippen molar-refractivity contribution in [1.82, 2.24) is 9.88 Å². The molecule has 0 unspecified atom stereocenters. The van der Waals surface area contributed by atoms with Gasteiger partial charge >= 0.3 is 0 Å². The molecule has 0 saturated carbocycles. The number of hydrogen-bond donors (Lipinski definition) is 0. The Balaban J connectivity index is 1.47. The third kappa shape index (κ3) is 4.06. The van der Waals surface area contributed by atoms with Crippen LogP contribution in [-0.2, 0) is 4.79 Å². The topological polar surface area (TPSA) is 82.8 Å². The summed E-state index contributed by atoms with van der Waals surface area (Å²) in [5.74, 6) is 0.0616. The average Bonchev–Trinajstić information content (AvgIpc) is 2.82. The van der Waals surface area contributed by atoms with Gasteiger partial charge in [-0.15, -0.1) is 0 Å². The predicted octanol–water partition coefficient (Wildman–Crippen LogP) is 3.32. The number of aromatic nitrogens is 1. The van der Waals surface area contributed by atoms with Gasteiger partial charge in [0.05, 0.1) is 16.4 Å². The molecule has 1 aliphatic rings. The number of carbonyl (C=O) groups is 1. The number of non-ortho nitro benzene ring substituents is 1. The fraction of sp³-hybridized carbons (Fsp3) is 0.304. The minimum Gasteiger partial charge on any atom is -0.368 e. The number of amides is 1. The maximum atomic E-state index is 13.0. The number of rotatable bonds is 5. The van der Waals surface area contributed by atoms with Crippen LogP contribution in [0.15, 0.2) is 60.9 Å². The number of nitro groups is 1. The molecule has 2 aromatic carbocycles. The van der Waals surface area contributed by atoms with E-state index in [2.05, 4.69) is 14.8 Å². The van der Waals surface area contributed by atoms with E-state index in [4.69, 9.17) is 0 Å². The Morgan fingerprint density at radius 1 is 1.06 bits per heavy atom. The van der Waals surface area contributed by atoms with Crippen LogP contribution in [-0.4, -0.2) is 60.0 Å². The number of piperazine rings is 1. The van der Waals surface area contributed by atoms with Crippen LogP contribution in [0.25, 0.3) is 10.8 Å². The van der Waals surface area contributed by atoms with Crippen LogP contribution in [0.1, 0.15) is 6.92 Å². The van der Waals surface area contributed by atoms with Crippen molar-refractivity contribution in [1.29, 1.82) is 0 Å². The Morgan fingerprint density at radius 3 is 2.45 bits per heavy atom. The maximum absolute atomic E-state index is 13.0. The number of pyridine rings is 1. The lowest BCUT2D eigenvalue weighted by molar-refractivity contribution is -0.383. The number of nitrogens with zero attached hydrogens (tertiary/aromatic N) is 5. The molecular formula is C23H25N5O3. The van der Waals surface area contributed by atoms with Gasteiger partial charge in [-0.3, -0.25) is 24.8 Å². The van der Waals surface area contributed by atoms with E-state index in [-0.39, 0.29) is 22.6 Å². The minimum atomic E-state index is -0.373. The van der Waals surface area contributed by atoms with Crippen molar-refractivity contribution >= 4 is 33.7 Å². The van der Waals surface area contributed by atoms with Crippen LogP contribution in [0.3, 0.4) is 0 Å². The number of fused-ring (bicyclic) bond motifs is 1. The van der Waals surface area contributed by atoms with Crippen molar-refractivity contribution in [3.05, 3.63) is 71.0 Å². The van der Waals surface area contributed by atoms with Crippen LogP contribution in [0.2, 0.25) is 0 Å². The first-order chi connectivity index (χ1) is 15.0. The molecule has 8 nitrogen and oxygen atoms in total. The summed E-state index contributed by atoms with van der Waals surface area (Å²) in [7, 11) is 1.81. The van der Waals surface area contributed by atoms with Gasteiger partial charge in [-0.2, -0.15) is 0 Å². The predicted molar refractivity (Wildman–Crippen MR) is 121 cm³/mol. The SMILES string of the molecule is C[C@@H](C(=O)N(C)c1ccccc1)N1CCN(c2ccc([N+](=O)[O-])c3cnccc23)CC1. The molecule has 1 atom stereocenters. The molecule has 1 amide bonds. The molecule has 1 aliphatic heterocycles. The molecule has 8 heteroatoms. The summed E-state index contributed by atoms with van der Waals surface area (Å²) in [6, 6.07) is 14.6. The van der Waals surface area contributed by atoms with Gasteiger partial charge in [0.15, 0.2) is 0 Å². The molecule has 0 spiro atoms. The molecule has 4 rings (SSSR count). The van der Waals surface area contributed by atoms with Crippen molar-refractivity contribution in [2.75, 3.05) is 43.0 Å². The van der Waals surface area contributed by atoms with Gasteiger partial charge in [0.2, 0.25) is 5.91 Å². The van der Waals surface area contributed by atoms with Crippen molar-refractivity contribution in [2.24, 2.45) is 0 Å². The van der Waals surface area contributed by atoms with E-state index in [9.17, 15) is 14.9 Å². The quantitative estimate of drug-likeness (QED) is 0.466. The van der Waals surface area contributed by atoms with Crippen LogP contribution in [0, 0.1) is 10.1 Å². The van der Waals surface area contributed by atoms with Gasteiger partial charge in [-0.1, -0.05) is 18.2 Å². The molecule has 1 saturated heterocycles. The standard InChI is InChI=1S/C23H25N5O3/c1-17(23(29)25(2)18-6-4-3-5-7-18)26-12-14-27(15-13-26)21-8-9-22(28(30)31)20-16-24-11-10-19(20)21/h3-11,16-17H,12-15H2,1-2H3/t17-/m0/s1. The molecule has 3 aromatic rings. The van der Waals surface area contributed by atoms with Gasteiger partial charge in [-0.05, 0) is 31.2 Å². The Morgan fingerprint density at radius 2 is 1.77 bits per heavy atom. The maximum Gasteiger partial charge on any atom is 0.278 e. The number of nitro benzene ring substituents is 1. The Kier molecular flexibility index (Phi) is 5.81. The molecule has 0 bridgehead atoms. The van der Waals surface area contributed by atoms with Gasteiger partial charge < -0.3 is 9.80 Å². The summed E-state index contributed by atoms with van der Waals surface area (Å²) in [6.07, 6.45) is 3.21. The normalized spacial score (nSPS) is 15.6. The first-order valence-electron chi connectivity index (χ1n) is 10.3. The van der Waals surface area contributed by atoms with Gasteiger partial charge in [-0.25, -0.2) is 0 Å². The molecule has 1 aromatic heterocycles. The summed E-state index contributed by atoms with van der Waals surface area (Å²) >= 11 is 0. The van der Waals surface area contributed by atoms with Gasteiger partial charge in [0, 0.05) is 68.4 Å². The van der Waals surface area contributed by atoms with E-state index >= 15 is 0 Å². The second-order valence-electron chi connectivity index (χ2n) is 7.71. The first-order valence-corrected chi connectivity index (χ1v) is 10.3. The molecule has 160 valence electrons. The van der Waals surface area contributed by atoms with Crippen LogP contribution in [0.4, 0.5) is 17.1 Å². The third-order valence-corrected chi connectivity index (χ3v) is 6.00. The molecular weight excluding hydrogens is 394 g/mol. The summed E-state index contributed by atoms with van der Waals surface area (Å²) < 4.78 is 0. The monoisotopic (exact) mass is 419 g/mol. The second kappa shape index (κ2) is 8.69. The Hall–Kier alpha value is -3.52. The largest absolute Gasteiger partial charge is 0.368 e. The highest BCUT2D eigenvalue weighted by Crippen LogP contribution is 2.33. The van der Waals surface area contributed by atoms with E-state index in [1.807, 2.05) is 56.4 Å². The zero-order valence-electron chi connectivity index (χ0n) is 17.6. The fourth-order valence-electron chi connectivity index (χ4n) is 4.16. The molecule has 31 heavy (non-hydrogen) atoms. The molecule has 0 aliphatic carbocycles. The zero-order chi connectivity index (χ0) is 22.0. The van der Waals surface area contributed by atoms with Crippen molar-refractivity contribution in [2.45, 2.75) is 13.0 Å². The highest BCUT2D eigenvalue weighted by Gasteiger charge is 2.29. The number of para-hydroxylation sites is 1. The summed E-state index contributed by atoms with van der Waals surface area (Å²) in [4.78, 5) is 34.1. The third-order valence-electron chi connectivity index (χ3n) is 6.00. The van der Waals surface area contributed by atoms with E-state index in [0.29, 0.717) is 5.39 Å². The second-order valence-corrected chi connectivity index (χ2v) is 7.71. The van der Waals surface area contributed by atoms with Crippen molar-refractivity contribution < 1.29 is 9.72 Å². The molecule has 0 radical (unpaired) electrons. The summed E-state index contributed by atoms with van der Waals surface area (Å²) in [6.45, 7) is 4.90. The van der Waals surface area contributed by atoms with E-state index in [1.54, 1.807) is 23.4 Å². The minimum absolute atomic E-state index is 0.0616. The highest BCUT2D eigenvalue weighted by atomic mass is 16.6. The van der Waals surface area contributed by atoms with Crippen LogP contribution < -0.4 is 9.80 Å². The summed E-state index contributed by atoms with van der Waals surface area (Å²) in [5.41, 5.74) is 1.90. The lowest BCUT2D eigenvalue weighted by Gasteiger charge is -2.39. The van der Waals surface area contributed by atoms with Crippen molar-refractivity contribution in [3.63, 3.8) is 0 Å². The van der Waals surface area contributed by atoms with Gasteiger partial charge in [0.1, 0.15) is 0 Å². The Labute approximate surface area is 180 Å². The van der Waals surface area contributed by atoms with Crippen LogP contribution >= 0.6 is 0 Å².